The second kappa shape index (κ2) is 12.4. The van der Waals surface area contributed by atoms with Gasteiger partial charge in [0.25, 0.3) is 5.56 Å². The van der Waals surface area contributed by atoms with Crippen LogP contribution >= 0.6 is 23.2 Å². The maximum atomic E-state index is 14.3. The zero-order valence-corrected chi connectivity index (χ0v) is 30.8. The van der Waals surface area contributed by atoms with Crippen LogP contribution in [-0.2, 0) is 35.0 Å². The number of carbonyl (C=O) groups is 1. The van der Waals surface area contributed by atoms with Crippen molar-refractivity contribution in [3.63, 3.8) is 0 Å². The lowest BCUT2D eigenvalue weighted by molar-refractivity contribution is -0.0667. The van der Waals surface area contributed by atoms with E-state index in [-0.39, 0.29) is 30.5 Å². The molecule has 2 fully saturated rings. The summed E-state index contributed by atoms with van der Waals surface area (Å²) in [6.45, 7) is 14.9. The van der Waals surface area contributed by atoms with Gasteiger partial charge in [-0.1, -0.05) is 48.9 Å². The fourth-order valence-electron chi connectivity index (χ4n) is 6.29. The van der Waals surface area contributed by atoms with E-state index in [0.717, 1.165) is 6.04 Å². The smallest absolute Gasteiger partial charge is 0.411 e. The number of fused-ring (bicyclic) bond motifs is 4. The maximum absolute atomic E-state index is 14.3. The normalized spacial score (nSPS) is 18.9. The monoisotopic (exact) mass is 703 g/mol. The minimum Gasteiger partial charge on any atom is -0.444 e. The first kappa shape index (κ1) is 33.8. The van der Waals surface area contributed by atoms with Gasteiger partial charge in [0.2, 0.25) is 5.95 Å². The van der Waals surface area contributed by atoms with Crippen LogP contribution in [0.25, 0.3) is 33.1 Å². The van der Waals surface area contributed by atoms with Crippen molar-refractivity contribution in [2.75, 3.05) is 37.8 Å². The van der Waals surface area contributed by atoms with Crippen LogP contribution in [0.4, 0.5) is 10.7 Å². The molecule has 0 aliphatic carbocycles. The molecule has 0 saturated carbocycles. The number of anilines is 1. The molecule has 2 unspecified atom stereocenters. The van der Waals surface area contributed by atoms with Crippen molar-refractivity contribution in [2.24, 2.45) is 14.1 Å². The third kappa shape index (κ3) is 6.52. The largest absolute Gasteiger partial charge is 0.444 e. The molecule has 15 heteroatoms. The first-order valence-electron chi connectivity index (χ1n) is 15.9. The number of halogens is 2. The Morgan fingerprint density at radius 1 is 1.06 bits per heavy atom. The topological polar surface area (TPSA) is 109 Å². The highest BCUT2D eigenvalue weighted by atomic mass is 35.5. The predicted octanol–water partition coefficient (Wildman–Crippen LogP) is 5.73. The fourth-order valence-corrected chi connectivity index (χ4v) is 7.68. The van der Waals surface area contributed by atoms with Gasteiger partial charge in [-0.2, -0.15) is 10.1 Å². The summed E-state index contributed by atoms with van der Waals surface area (Å²) >= 11 is 13.6. The van der Waals surface area contributed by atoms with E-state index in [1.165, 1.54) is 0 Å². The van der Waals surface area contributed by atoms with E-state index < -0.39 is 13.7 Å². The van der Waals surface area contributed by atoms with Gasteiger partial charge in [-0.3, -0.25) is 18.9 Å². The van der Waals surface area contributed by atoms with Crippen molar-refractivity contribution >= 4 is 65.3 Å². The Balaban J connectivity index is 1.43. The molecule has 0 radical (unpaired) electrons. The SMILES string of the molecule is Cn1nc2ccc(-c3cn(COCC[Si](C)(C)C)c4nc(N5CC6COCC(C5)N6C(=O)OC(C)(C)C)n(C)c(=O)c34)c(Cl)c2c1Cl. The minimum absolute atomic E-state index is 0.217. The van der Waals surface area contributed by atoms with Gasteiger partial charge in [0.05, 0.1) is 46.6 Å². The zero-order valence-electron chi connectivity index (χ0n) is 28.3. The summed E-state index contributed by atoms with van der Waals surface area (Å²) in [5.74, 6) is 0.507. The number of morpholine rings is 1. The molecule has 2 saturated heterocycles. The number of amides is 1. The Morgan fingerprint density at radius 2 is 1.74 bits per heavy atom. The predicted molar refractivity (Wildman–Crippen MR) is 187 cm³/mol. The molecular formula is C32H43Cl2N7O5Si. The molecule has 2 aliphatic heterocycles. The number of ether oxygens (including phenoxy) is 3. The van der Waals surface area contributed by atoms with E-state index in [4.69, 9.17) is 42.4 Å². The third-order valence-corrected chi connectivity index (χ3v) is 11.1. The Kier molecular flexibility index (Phi) is 8.92. The van der Waals surface area contributed by atoms with Crippen molar-refractivity contribution in [1.29, 1.82) is 0 Å². The standard InChI is InChI=1S/C32H43Cl2N7O5Si/c1-32(2,3)46-31(43)41-19-13-39(14-20(41)17-45-16-19)30-35-28-24(29(42)37(30)4)22(15-40(28)18-44-11-12-47(6,7)8)21-9-10-23-25(26(21)33)27(34)38(5)36-23/h9-10,15,19-20H,11-14,16-18H2,1-8H3. The Labute approximate surface area is 285 Å². The average molecular weight is 705 g/mol. The maximum Gasteiger partial charge on any atom is 0.411 e. The molecule has 47 heavy (non-hydrogen) atoms. The van der Waals surface area contributed by atoms with Gasteiger partial charge in [-0.05, 0) is 32.9 Å². The Bertz CT molecular complexity index is 1890. The Morgan fingerprint density at radius 3 is 2.38 bits per heavy atom. The highest BCUT2D eigenvalue weighted by Gasteiger charge is 2.44. The van der Waals surface area contributed by atoms with E-state index in [0.29, 0.717) is 82.1 Å². The average Bonchev–Trinajstić information content (AvgIpc) is 3.47. The number of rotatable bonds is 7. The highest BCUT2D eigenvalue weighted by molar-refractivity contribution is 6.76. The van der Waals surface area contributed by atoms with Crippen LogP contribution in [0.1, 0.15) is 20.8 Å². The molecule has 0 N–H and O–H groups in total. The third-order valence-electron chi connectivity index (χ3n) is 8.62. The van der Waals surface area contributed by atoms with Crippen LogP contribution in [0.5, 0.6) is 0 Å². The van der Waals surface area contributed by atoms with Gasteiger partial charge >= 0.3 is 6.09 Å². The van der Waals surface area contributed by atoms with Crippen molar-refractivity contribution in [2.45, 2.75) is 70.9 Å². The van der Waals surface area contributed by atoms with E-state index in [2.05, 4.69) is 29.6 Å². The number of piperazine rings is 1. The number of aromatic nitrogens is 5. The quantitative estimate of drug-likeness (QED) is 0.177. The van der Waals surface area contributed by atoms with Gasteiger partial charge < -0.3 is 23.7 Å². The van der Waals surface area contributed by atoms with Crippen molar-refractivity contribution in [1.82, 2.24) is 28.8 Å². The lowest BCUT2D eigenvalue weighted by Gasteiger charge is -2.49. The minimum atomic E-state index is -1.31. The van der Waals surface area contributed by atoms with E-state index in [9.17, 15) is 9.59 Å². The number of aryl methyl sites for hydroxylation is 1. The van der Waals surface area contributed by atoms with E-state index >= 15 is 0 Å². The molecule has 4 aromatic rings. The lowest BCUT2D eigenvalue weighted by Crippen LogP contribution is -2.67. The first-order valence-corrected chi connectivity index (χ1v) is 20.3. The number of carbonyl (C=O) groups excluding carboxylic acids is 1. The van der Waals surface area contributed by atoms with Gasteiger partial charge in [0, 0.05) is 59.2 Å². The Hall–Kier alpha value is -3.10. The number of nitrogens with zero attached hydrogens (tertiary/aromatic N) is 7. The van der Waals surface area contributed by atoms with Crippen LogP contribution in [0.2, 0.25) is 35.9 Å². The van der Waals surface area contributed by atoms with Crippen molar-refractivity contribution in [3.8, 4) is 11.1 Å². The highest BCUT2D eigenvalue weighted by Crippen LogP contribution is 2.40. The molecule has 2 bridgehead atoms. The summed E-state index contributed by atoms with van der Waals surface area (Å²) in [4.78, 5) is 36.5. The zero-order chi connectivity index (χ0) is 34.0. The molecule has 1 amide bonds. The van der Waals surface area contributed by atoms with Crippen LogP contribution in [0, 0.1) is 0 Å². The van der Waals surface area contributed by atoms with Crippen LogP contribution in [-0.4, -0.2) is 93.6 Å². The second-order valence-electron chi connectivity index (χ2n) is 14.7. The van der Waals surface area contributed by atoms with Crippen LogP contribution in [0.3, 0.4) is 0 Å². The summed E-state index contributed by atoms with van der Waals surface area (Å²) in [5.41, 5.74) is 1.62. The molecule has 1 aromatic carbocycles. The molecule has 2 atom stereocenters. The lowest BCUT2D eigenvalue weighted by atomic mass is 10.0. The van der Waals surface area contributed by atoms with Gasteiger partial charge in [-0.25, -0.2) is 4.79 Å². The van der Waals surface area contributed by atoms with Gasteiger partial charge in [-0.15, -0.1) is 0 Å². The van der Waals surface area contributed by atoms with Crippen LogP contribution < -0.4 is 10.5 Å². The van der Waals surface area contributed by atoms with Crippen molar-refractivity contribution in [3.05, 3.63) is 38.9 Å². The summed E-state index contributed by atoms with van der Waals surface area (Å²) < 4.78 is 22.8. The first-order chi connectivity index (χ1) is 22.0. The molecule has 254 valence electrons. The second-order valence-corrected chi connectivity index (χ2v) is 21.1. The molecule has 3 aromatic heterocycles. The summed E-state index contributed by atoms with van der Waals surface area (Å²) in [6.07, 6.45) is 1.53. The summed E-state index contributed by atoms with van der Waals surface area (Å²) in [7, 11) is 2.17. The molecule has 5 heterocycles. The van der Waals surface area contributed by atoms with E-state index in [1.807, 2.05) is 43.7 Å². The van der Waals surface area contributed by atoms with Crippen molar-refractivity contribution < 1.29 is 19.0 Å². The fraction of sp³-hybridized carbons (Fsp3) is 0.562. The van der Waals surface area contributed by atoms with Gasteiger partial charge in [0.1, 0.15) is 17.5 Å². The van der Waals surface area contributed by atoms with Crippen LogP contribution in [0.15, 0.2) is 23.1 Å². The molecule has 2 aliphatic rings. The summed E-state index contributed by atoms with van der Waals surface area (Å²) in [6, 6.07) is 4.21. The number of hydrogen-bond donors (Lipinski definition) is 0. The molecule has 0 spiro atoms. The molecule has 6 rings (SSSR count). The van der Waals surface area contributed by atoms with Gasteiger partial charge in [0.15, 0.2) is 5.65 Å². The number of benzene rings is 1. The summed E-state index contributed by atoms with van der Waals surface area (Å²) in [5, 5.41) is 6.34. The molecular weight excluding hydrogens is 661 g/mol. The number of hydrogen-bond acceptors (Lipinski definition) is 8. The molecule has 12 nitrogen and oxygen atoms in total. The van der Waals surface area contributed by atoms with E-state index in [1.54, 1.807) is 28.2 Å².